The average Bonchev–Trinajstić information content (AvgIpc) is 3.49. The zero-order chi connectivity index (χ0) is 59.1. The van der Waals surface area contributed by atoms with Crippen LogP contribution < -0.4 is 0 Å². The van der Waals surface area contributed by atoms with E-state index in [4.69, 9.17) is 9.47 Å². The second-order valence-corrected chi connectivity index (χ2v) is 23.9. The van der Waals surface area contributed by atoms with Gasteiger partial charge in [0.15, 0.2) is 6.10 Å². The number of esters is 2. The van der Waals surface area contributed by atoms with Crippen molar-refractivity contribution in [3.05, 3.63) is 97.2 Å². The van der Waals surface area contributed by atoms with Crippen LogP contribution in [0.1, 0.15) is 361 Å². The van der Waals surface area contributed by atoms with E-state index in [-0.39, 0.29) is 25.2 Å². The molecule has 0 saturated heterocycles. The summed E-state index contributed by atoms with van der Waals surface area (Å²) in [7, 11) is 0. The Morgan fingerprint density at radius 2 is 0.524 bits per heavy atom. The topological polar surface area (TPSA) is 72.8 Å². The molecule has 0 heterocycles. The number of ether oxygens (including phenoxy) is 2. The minimum atomic E-state index is -0.783. The van der Waals surface area contributed by atoms with Gasteiger partial charge < -0.3 is 14.6 Å². The SMILES string of the molecule is CC/C=C\C/C=C\C/C=C\C/C=C\C/C=C\C/C=C\C/C=C\C/C=C\CCCCCCCCCCC(=O)OC(CO)COC(=O)CCCCCCCCCCCCCCCCCCCCCCCCCCCCCCCCCCCCC. The molecule has 1 unspecified atom stereocenters. The quantitative estimate of drug-likeness (QED) is 0.0373. The van der Waals surface area contributed by atoms with Gasteiger partial charge in [-0.15, -0.1) is 0 Å². The van der Waals surface area contributed by atoms with Crippen LogP contribution in [0.15, 0.2) is 97.2 Å². The van der Waals surface area contributed by atoms with Gasteiger partial charge in [-0.05, 0) is 77.0 Å². The van der Waals surface area contributed by atoms with Crippen LogP contribution >= 0.6 is 0 Å². The minimum Gasteiger partial charge on any atom is -0.462 e. The third-order valence-corrected chi connectivity index (χ3v) is 15.9. The van der Waals surface area contributed by atoms with E-state index in [1.54, 1.807) is 0 Å². The third kappa shape index (κ3) is 69.3. The molecule has 0 aromatic heterocycles. The molecule has 82 heavy (non-hydrogen) atoms. The Hall–Kier alpha value is -3.18. The summed E-state index contributed by atoms with van der Waals surface area (Å²) in [6, 6.07) is 0. The number of hydrogen-bond donors (Lipinski definition) is 1. The number of hydrogen-bond acceptors (Lipinski definition) is 5. The molecule has 0 aliphatic heterocycles. The van der Waals surface area contributed by atoms with Crippen molar-refractivity contribution in [2.24, 2.45) is 0 Å². The van der Waals surface area contributed by atoms with Crippen molar-refractivity contribution in [1.29, 1.82) is 0 Å². The van der Waals surface area contributed by atoms with E-state index in [1.165, 1.54) is 238 Å². The zero-order valence-electron chi connectivity index (χ0n) is 54.5. The van der Waals surface area contributed by atoms with E-state index < -0.39 is 6.10 Å². The predicted octanol–water partition coefficient (Wildman–Crippen LogP) is 25.0. The number of unbranched alkanes of at least 4 members (excludes halogenated alkanes) is 42. The van der Waals surface area contributed by atoms with E-state index in [9.17, 15) is 14.7 Å². The largest absolute Gasteiger partial charge is 0.462 e. The number of rotatable bonds is 66. The summed E-state index contributed by atoms with van der Waals surface area (Å²) in [5.74, 6) is -0.589. The van der Waals surface area contributed by atoms with Crippen molar-refractivity contribution in [3.63, 3.8) is 0 Å². The highest BCUT2D eigenvalue weighted by atomic mass is 16.6. The lowest BCUT2D eigenvalue weighted by Crippen LogP contribution is -2.28. The summed E-state index contributed by atoms with van der Waals surface area (Å²) < 4.78 is 10.8. The van der Waals surface area contributed by atoms with Gasteiger partial charge in [0.2, 0.25) is 0 Å². The molecule has 0 amide bonds. The maximum absolute atomic E-state index is 12.4. The molecule has 0 saturated carbocycles. The Bertz CT molecular complexity index is 1530. The maximum Gasteiger partial charge on any atom is 0.306 e. The van der Waals surface area contributed by atoms with Crippen molar-refractivity contribution in [3.8, 4) is 0 Å². The van der Waals surface area contributed by atoms with Crippen LogP contribution in [0.4, 0.5) is 0 Å². The summed E-state index contributed by atoms with van der Waals surface area (Å²) in [6.07, 6.45) is 103. The monoisotopic (exact) mass is 1140 g/mol. The maximum atomic E-state index is 12.4. The number of allylic oxidation sites excluding steroid dienone is 16. The third-order valence-electron chi connectivity index (χ3n) is 15.9. The van der Waals surface area contributed by atoms with Crippen LogP contribution in [0.5, 0.6) is 0 Å². The highest BCUT2D eigenvalue weighted by molar-refractivity contribution is 5.70. The summed E-state index contributed by atoms with van der Waals surface area (Å²) in [5, 5.41) is 9.70. The molecule has 0 fully saturated rings. The van der Waals surface area contributed by atoms with Gasteiger partial charge in [-0.3, -0.25) is 9.59 Å². The Morgan fingerprint density at radius 3 is 0.793 bits per heavy atom. The molecule has 0 aliphatic rings. The summed E-state index contributed by atoms with van der Waals surface area (Å²) in [4.78, 5) is 24.7. The molecule has 0 spiro atoms. The van der Waals surface area contributed by atoms with Crippen LogP contribution in [0.2, 0.25) is 0 Å². The number of carbonyl (C=O) groups is 2. The fourth-order valence-corrected chi connectivity index (χ4v) is 10.6. The van der Waals surface area contributed by atoms with E-state index in [1.807, 2.05) is 0 Å². The lowest BCUT2D eigenvalue weighted by molar-refractivity contribution is -0.161. The Morgan fingerprint density at radius 1 is 0.293 bits per heavy atom. The van der Waals surface area contributed by atoms with Crippen LogP contribution in [0.25, 0.3) is 0 Å². The normalized spacial score (nSPS) is 12.8. The minimum absolute atomic E-state index is 0.0701. The van der Waals surface area contributed by atoms with Gasteiger partial charge in [-0.2, -0.15) is 0 Å². The van der Waals surface area contributed by atoms with Gasteiger partial charge in [-0.25, -0.2) is 0 Å². The molecule has 0 aromatic rings. The van der Waals surface area contributed by atoms with Gasteiger partial charge in [0.25, 0.3) is 0 Å². The summed E-state index contributed by atoms with van der Waals surface area (Å²) >= 11 is 0. The van der Waals surface area contributed by atoms with Crippen molar-refractivity contribution < 1.29 is 24.2 Å². The predicted molar refractivity (Wildman–Crippen MR) is 362 cm³/mol. The molecule has 0 aromatic carbocycles. The van der Waals surface area contributed by atoms with E-state index in [2.05, 4.69) is 111 Å². The lowest BCUT2D eigenvalue weighted by atomic mass is 10.0. The fourth-order valence-electron chi connectivity index (χ4n) is 10.6. The van der Waals surface area contributed by atoms with Crippen LogP contribution in [-0.2, 0) is 19.1 Å². The van der Waals surface area contributed by atoms with Crippen molar-refractivity contribution in [2.75, 3.05) is 13.2 Å². The van der Waals surface area contributed by atoms with Crippen LogP contribution in [0, 0.1) is 0 Å². The van der Waals surface area contributed by atoms with Gasteiger partial charge in [-0.1, -0.05) is 368 Å². The van der Waals surface area contributed by atoms with Crippen molar-refractivity contribution in [2.45, 2.75) is 367 Å². The first kappa shape index (κ1) is 78.8. The summed E-state index contributed by atoms with van der Waals surface area (Å²) in [5.41, 5.74) is 0. The Balaban J connectivity index is 3.46. The first-order valence-corrected chi connectivity index (χ1v) is 35.8. The molecule has 474 valence electrons. The van der Waals surface area contributed by atoms with Gasteiger partial charge in [0.1, 0.15) is 6.61 Å². The molecule has 0 rings (SSSR count). The van der Waals surface area contributed by atoms with Crippen LogP contribution in [0.3, 0.4) is 0 Å². The second-order valence-electron chi connectivity index (χ2n) is 23.9. The Labute approximate surface area is 510 Å². The first-order valence-electron chi connectivity index (χ1n) is 35.8. The zero-order valence-corrected chi connectivity index (χ0v) is 54.5. The highest BCUT2D eigenvalue weighted by Gasteiger charge is 2.16. The molecule has 5 heteroatoms. The van der Waals surface area contributed by atoms with Crippen LogP contribution in [-0.4, -0.2) is 36.4 Å². The molecule has 0 aliphatic carbocycles. The standard InChI is InChI=1S/C77H136O5/c1-3-5-7-9-11-13-15-17-19-21-23-25-27-29-31-33-35-37-38-40-41-43-45-47-49-51-53-55-57-59-61-63-65-67-69-71-76(79)81-74-75(73-78)82-77(80)72-70-68-66-64-62-60-58-56-54-52-50-48-46-44-42-39-36-34-32-30-28-26-24-22-20-18-16-14-12-10-8-6-4-2/h6,8,12,14,18,20,24,26,30,32,36,39,44,46,50,52,75,78H,3-5,7,9-11,13,15-17,19,21-23,25,27-29,31,33-35,37-38,40-43,45,47-49,51,53-74H2,1-2H3/b8-6-,14-12-,20-18-,26-24-,32-30-,39-36-,46-44-,52-50-. The van der Waals surface area contributed by atoms with E-state index >= 15 is 0 Å². The van der Waals surface area contributed by atoms with E-state index in [0.29, 0.717) is 12.8 Å². The smallest absolute Gasteiger partial charge is 0.306 e. The first-order chi connectivity index (χ1) is 40.6. The molecule has 5 nitrogen and oxygen atoms in total. The van der Waals surface area contributed by atoms with Gasteiger partial charge >= 0.3 is 11.9 Å². The number of aliphatic hydroxyl groups is 1. The number of carbonyl (C=O) groups excluding carboxylic acids is 2. The van der Waals surface area contributed by atoms with Crippen molar-refractivity contribution in [1.82, 2.24) is 0 Å². The lowest BCUT2D eigenvalue weighted by Gasteiger charge is -2.15. The molecular weight excluding hydrogens is 1000 g/mol. The molecule has 1 atom stereocenters. The summed E-state index contributed by atoms with van der Waals surface area (Å²) in [6.45, 7) is 4.06. The van der Waals surface area contributed by atoms with Crippen molar-refractivity contribution >= 4 is 11.9 Å². The number of aliphatic hydroxyl groups excluding tert-OH is 1. The Kier molecular flexibility index (Phi) is 69.3. The molecule has 1 N–H and O–H groups in total. The second kappa shape index (κ2) is 72.1. The fraction of sp³-hybridized carbons (Fsp3) is 0.766. The van der Waals surface area contributed by atoms with Gasteiger partial charge in [0.05, 0.1) is 6.61 Å². The average molecular weight is 1140 g/mol. The molecule has 0 bridgehead atoms. The van der Waals surface area contributed by atoms with Gasteiger partial charge in [0, 0.05) is 12.8 Å². The molecule has 0 radical (unpaired) electrons. The highest BCUT2D eigenvalue weighted by Crippen LogP contribution is 2.19. The van der Waals surface area contributed by atoms with E-state index in [0.717, 1.165) is 96.3 Å². The molecular formula is C77H136O5.